The first-order valence-corrected chi connectivity index (χ1v) is 8.30. The lowest BCUT2D eigenvalue weighted by molar-refractivity contribution is 0.372. The molecule has 22 heavy (non-hydrogen) atoms. The van der Waals surface area contributed by atoms with Gasteiger partial charge in [-0.2, -0.15) is 5.10 Å². The maximum atomic E-state index is 5.94. The van der Waals surface area contributed by atoms with Crippen LogP contribution in [0.4, 0.5) is 0 Å². The van der Waals surface area contributed by atoms with Crippen molar-refractivity contribution in [2.24, 2.45) is 10.8 Å². The second-order valence-corrected chi connectivity index (χ2v) is 6.78. The van der Waals surface area contributed by atoms with Gasteiger partial charge in [-0.05, 0) is 47.6 Å². The zero-order valence-electron chi connectivity index (χ0n) is 11.5. The van der Waals surface area contributed by atoms with Crippen LogP contribution in [0.15, 0.2) is 58.1 Å². The van der Waals surface area contributed by atoms with E-state index in [1.165, 1.54) is 0 Å². The van der Waals surface area contributed by atoms with Crippen molar-refractivity contribution >= 4 is 50.6 Å². The first-order chi connectivity index (χ1) is 10.5. The van der Waals surface area contributed by atoms with Gasteiger partial charge in [0.1, 0.15) is 0 Å². The Morgan fingerprint density at radius 3 is 2.41 bits per heavy atom. The van der Waals surface area contributed by atoms with Crippen LogP contribution in [0.3, 0.4) is 0 Å². The lowest BCUT2D eigenvalue weighted by Crippen LogP contribution is -2.31. The van der Waals surface area contributed by atoms with Gasteiger partial charge in [-0.25, -0.2) is 5.01 Å². The summed E-state index contributed by atoms with van der Waals surface area (Å²) in [4.78, 5) is 0. The number of hydrogen-bond acceptors (Lipinski definition) is 2. The smallest absolute Gasteiger partial charge is 0.187 e. The lowest BCUT2D eigenvalue weighted by atomic mass is 9.99. The standard InChI is InChI=1S/C16H13BrClN3S/c17-12-5-1-11(2-6-12)15-9-14(20-21(15)16(19)22)10-3-7-13(18)8-4-10/h1-8,15H,9H2,(H2,19,22). The molecule has 0 aliphatic carbocycles. The summed E-state index contributed by atoms with van der Waals surface area (Å²) in [6.45, 7) is 0. The third kappa shape index (κ3) is 3.16. The van der Waals surface area contributed by atoms with E-state index >= 15 is 0 Å². The molecule has 0 saturated heterocycles. The van der Waals surface area contributed by atoms with E-state index in [1.807, 2.05) is 36.4 Å². The van der Waals surface area contributed by atoms with Gasteiger partial charge in [-0.1, -0.05) is 51.8 Å². The normalized spacial score (nSPS) is 17.5. The molecule has 1 heterocycles. The van der Waals surface area contributed by atoms with Gasteiger partial charge < -0.3 is 5.73 Å². The SMILES string of the molecule is NC(=S)N1N=C(c2ccc(Cl)cc2)CC1c1ccc(Br)cc1. The highest BCUT2D eigenvalue weighted by molar-refractivity contribution is 9.10. The van der Waals surface area contributed by atoms with Gasteiger partial charge in [0, 0.05) is 15.9 Å². The summed E-state index contributed by atoms with van der Waals surface area (Å²) in [5.41, 5.74) is 8.96. The molecule has 0 aromatic heterocycles. The molecule has 1 unspecified atom stereocenters. The number of benzene rings is 2. The fraction of sp³-hybridized carbons (Fsp3) is 0.125. The predicted molar refractivity (Wildman–Crippen MR) is 98.1 cm³/mol. The number of thiocarbonyl (C=S) groups is 1. The van der Waals surface area contributed by atoms with Crippen LogP contribution >= 0.6 is 39.7 Å². The number of hydrazone groups is 1. The quantitative estimate of drug-likeness (QED) is 0.763. The summed E-state index contributed by atoms with van der Waals surface area (Å²) >= 11 is 14.5. The van der Waals surface area contributed by atoms with Crippen LogP contribution < -0.4 is 5.73 Å². The van der Waals surface area contributed by atoms with Crippen molar-refractivity contribution in [2.45, 2.75) is 12.5 Å². The molecule has 1 atom stereocenters. The van der Waals surface area contributed by atoms with Crippen LogP contribution in [-0.2, 0) is 0 Å². The van der Waals surface area contributed by atoms with Crippen molar-refractivity contribution in [3.63, 3.8) is 0 Å². The van der Waals surface area contributed by atoms with Crippen LogP contribution in [-0.4, -0.2) is 15.8 Å². The second kappa shape index (κ2) is 6.36. The van der Waals surface area contributed by atoms with Crippen molar-refractivity contribution in [3.05, 3.63) is 69.2 Å². The molecule has 1 aliphatic rings. The Bertz CT molecular complexity index is 728. The highest BCUT2D eigenvalue weighted by atomic mass is 79.9. The Morgan fingerprint density at radius 1 is 1.18 bits per heavy atom. The van der Waals surface area contributed by atoms with Crippen LogP contribution in [0.1, 0.15) is 23.6 Å². The van der Waals surface area contributed by atoms with E-state index < -0.39 is 0 Å². The molecule has 3 rings (SSSR count). The number of nitrogens with zero attached hydrogens (tertiary/aromatic N) is 2. The average molecular weight is 395 g/mol. The van der Waals surface area contributed by atoms with E-state index in [2.05, 4.69) is 33.2 Å². The van der Waals surface area contributed by atoms with Crippen molar-refractivity contribution in [2.75, 3.05) is 0 Å². The van der Waals surface area contributed by atoms with E-state index in [9.17, 15) is 0 Å². The first-order valence-electron chi connectivity index (χ1n) is 6.72. The molecule has 2 aromatic carbocycles. The van der Waals surface area contributed by atoms with Crippen molar-refractivity contribution in [3.8, 4) is 0 Å². The number of rotatable bonds is 2. The van der Waals surface area contributed by atoms with Crippen LogP contribution in [0.2, 0.25) is 5.02 Å². The van der Waals surface area contributed by atoms with Gasteiger partial charge in [-0.15, -0.1) is 0 Å². The molecule has 0 saturated carbocycles. The van der Waals surface area contributed by atoms with Crippen molar-refractivity contribution < 1.29 is 0 Å². The highest BCUT2D eigenvalue weighted by Gasteiger charge is 2.30. The van der Waals surface area contributed by atoms with Gasteiger partial charge in [0.05, 0.1) is 11.8 Å². The molecule has 2 aromatic rings. The Hall–Kier alpha value is -1.43. The molecule has 0 fully saturated rings. The van der Waals surface area contributed by atoms with Gasteiger partial charge in [0.15, 0.2) is 5.11 Å². The van der Waals surface area contributed by atoms with E-state index in [0.29, 0.717) is 5.02 Å². The van der Waals surface area contributed by atoms with E-state index in [4.69, 9.17) is 29.6 Å². The topological polar surface area (TPSA) is 41.6 Å². The Morgan fingerprint density at radius 2 is 1.82 bits per heavy atom. The molecule has 0 spiro atoms. The molecule has 2 N–H and O–H groups in total. The van der Waals surface area contributed by atoms with Crippen LogP contribution in [0.5, 0.6) is 0 Å². The average Bonchev–Trinajstić information content (AvgIpc) is 2.94. The summed E-state index contributed by atoms with van der Waals surface area (Å²) in [7, 11) is 0. The molecule has 0 amide bonds. The third-order valence-electron chi connectivity index (χ3n) is 3.57. The van der Waals surface area contributed by atoms with Gasteiger partial charge >= 0.3 is 0 Å². The minimum absolute atomic E-state index is 0.0243. The van der Waals surface area contributed by atoms with E-state index in [1.54, 1.807) is 5.01 Å². The van der Waals surface area contributed by atoms with Gasteiger partial charge in [0.25, 0.3) is 0 Å². The molecular formula is C16H13BrClN3S. The van der Waals surface area contributed by atoms with Crippen LogP contribution in [0, 0.1) is 0 Å². The zero-order chi connectivity index (χ0) is 15.7. The molecule has 112 valence electrons. The van der Waals surface area contributed by atoms with Gasteiger partial charge in [-0.3, -0.25) is 0 Å². The van der Waals surface area contributed by atoms with Crippen molar-refractivity contribution in [1.29, 1.82) is 0 Å². The zero-order valence-corrected chi connectivity index (χ0v) is 14.7. The first kappa shape index (κ1) is 15.5. The second-order valence-electron chi connectivity index (χ2n) is 5.01. The Kier molecular flexibility index (Phi) is 4.47. The number of hydrogen-bond donors (Lipinski definition) is 1. The maximum absolute atomic E-state index is 5.94. The van der Waals surface area contributed by atoms with Gasteiger partial charge in [0.2, 0.25) is 0 Å². The fourth-order valence-corrected chi connectivity index (χ4v) is 3.03. The molecule has 1 aliphatic heterocycles. The highest BCUT2D eigenvalue weighted by Crippen LogP contribution is 2.33. The summed E-state index contributed by atoms with van der Waals surface area (Å²) in [6.07, 6.45) is 0.751. The molecule has 3 nitrogen and oxygen atoms in total. The minimum atomic E-state index is 0.0243. The largest absolute Gasteiger partial charge is 0.375 e. The van der Waals surface area contributed by atoms with E-state index in [0.717, 1.165) is 27.7 Å². The summed E-state index contributed by atoms with van der Waals surface area (Å²) in [6, 6.07) is 15.8. The number of nitrogens with two attached hydrogens (primary N) is 1. The maximum Gasteiger partial charge on any atom is 0.187 e. The molecule has 0 radical (unpaired) electrons. The van der Waals surface area contributed by atoms with E-state index in [-0.39, 0.29) is 11.2 Å². The van der Waals surface area contributed by atoms with Crippen LogP contribution in [0.25, 0.3) is 0 Å². The molecular weight excluding hydrogens is 382 g/mol. The Labute approximate surface area is 147 Å². The summed E-state index contributed by atoms with van der Waals surface area (Å²) < 4.78 is 1.04. The molecule has 0 bridgehead atoms. The number of halogens is 2. The lowest BCUT2D eigenvalue weighted by Gasteiger charge is -2.21. The third-order valence-corrected chi connectivity index (χ3v) is 4.54. The fourth-order valence-electron chi connectivity index (χ4n) is 2.47. The summed E-state index contributed by atoms with van der Waals surface area (Å²) in [5, 5.41) is 7.29. The summed E-state index contributed by atoms with van der Waals surface area (Å²) in [5.74, 6) is 0. The monoisotopic (exact) mass is 393 g/mol. The van der Waals surface area contributed by atoms with Crippen molar-refractivity contribution in [1.82, 2.24) is 5.01 Å². The Balaban J connectivity index is 1.92. The minimum Gasteiger partial charge on any atom is -0.375 e. The molecule has 6 heteroatoms. The predicted octanol–water partition coefficient (Wildman–Crippen LogP) is 4.50.